The molecule has 1 atom stereocenters. The third-order valence-corrected chi connectivity index (χ3v) is 4.64. The second-order valence-corrected chi connectivity index (χ2v) is 5.51. The molecular formula is C16H25N. The number of nitrogens with one attached hydrogen (secondary N) is 1. The Morgan fingerprint density at radius 3 is 2.47 bits per heavy atom. The monoisotopic (exact) mass is 231 g/mol. The molecule has 0 heterocycles. The van der Waals surface area contributed by atoms with Gasteiger partial charge in [-0.15, -0.1) is 0 Å². The van der Waals surface area contributed by atoms with Crippen molar-refractivity contribution in [2.75, 3.05) is 0 Å². The Labute approximate surface area is 106 Å². The van der Waals surface area contributed by atoms with Gasteiger partial charge in [-0.05, 0) is 30.2 Å². The standard InChI is InChI=1S/C16H25N/c1-3-16(4-2)11-10-15(12-16)17-13-14-8-6-5-7-9-14/h5-9,15,17H,3-4,10-13H2,1-2H3. The lowest BCUT2D eigenvalue weighted by Gasteiger charge is -2.26. The van der Waals surface area contributed by atoms with Gasteiger partial charge in [0.15, 0.2) is 0 Å². The molecule has 1 nitrogen and oxygen atoms in total. The van der Waals surface area contributed by atoms with E-state index in [2.05, 4.69) is 49.5 Å². The first-order valence-electron chi connectivity index (χ1n) is 7.05. The minimum atomic E-state index is 0.633. The third-order valence-electron chi connectivity index (χ3n) is 4.64. The Morgan fingerprint density at radius 2 is 1.88 bits per heavy atom. The average molecular weight is 231 g/mol. The van der Waals surface area contributed by atoms with Gasteiger partial charge in [0, 0.05) is 12.6 Å². The van der Waals surface area contributed by atoms with Crippen LogP contribution in [0, 0.1) is 5.41 Å². The van der Waals surface area contributed by atoms with E-state index in [1.54, 1.807) is 0 Å². The van der Waals surface area contributed by atoms with Crippen LogP contribution in [0.4, 0.5) is 0 Å². The van der Waals surface area contributed by atoms with Gasteiger partial charge in [-0.1, -0.05) is 57.0 Å². The fraction of sp³-hybridized carbons (Fsp3) is 0.625. The molecule has 0 aromatic heterocycles. The molecule has 0 saturated heterocycles. The fourth-order valence-corrected chi connectivity index (χ4v) is 3.13. The second-order valence-electron chi connectivity index (χ2n) is 5.51. The summed E-state index contributed by atoms with van der Waals surface area (Å²) in [4.78, 5) is 0. The van der Waals surface area contributed by atoms with Crippen LogP contribution in [0.25, 0.3) is 0 Å². The molecule has 1 aromatic rings. The van der Waals surface area contributed by atoms with E-state index in [9.17, 15) is 0 Å². The summed E-state index contributed by atoms with van der Waals surface area (Å²) in [5.74, 6) is 0. The lowest BCUT2D eigenvalue weighted by molar-refractivity contribution is 0.263. The summed E-state index contributed by atoms with van der Waals surface area (Å²) in [6.07, 6.45) is 6.81. The Morgan fingerprint density at radius 1 is 1.18 bits per heavy atom. The van der Waals surface area contributed by atoms with Crippen LogP contribution in [-0.2, 0) is 6.54 Å². The van der Waals surface area contributed by atoms with Crippen LogP contribution in [0.5, 0.6) is 0 Å². The van der Waals surface area contributed by atoms with Crippen molar-refractivity contribution in [2.45, 2.75) is 58.5 Å². The number of benzene rings is 1. The van der Waals surface area contributed by atoms with Crippen molar-refractivity contribution in [3.05, 3.63) is 35.9 Å². The van der Waals surface area contributed by atoms with Crippen LogP contribution >= 0.6 is 0 Å². The molecule has 1 fully saturated rings. The first-order valence-corrected chi connectivity index (χ1v) is 7.05. The molecule has 0 amide bonds. The summed E-state index contributed by atoms with van der Waals surface area (Å²) < 4.78 is 0. The average Bonchev–Trinajstić information content (AvgIpc) is 2.82. The van der Waals surface area contributed by atoms with E-state index in [0.29, 0.717) is 5.41 Å². The first-order chi connectivity index (χ1) is 8.28. The van der Waals surface area contributed by atoms with Gasteiger partial charge in [-0.25, -0.2) is 0 Å². The zero-order valence-electron chi connectivity index (χ0n) is 11.2. The van der Waals surface area contributed by atoms with Gasteiger partial charge in [-0.2, -0.15) is 0 Å². The molecule has 1 unspecified atom stereocenters. The van der Waals surface area contributed by atoms with Crippen LogP contribution < -0.4 is 5.32 Å². The van der Waals surface area contributed by atoms with Crippen molar-refractivity contribution >= 4 is 0 Å². The maximum absolute atomic E-state index is 3.72. The van der Waals surface area contributed by atoms with E-state index >= 15 is 0 Å². The number of hydrogen-bond acceptors (Lipinski definition) is 1. The van der Waals surface area contributed by atoms with Gasteiger partial charge < -0.3 is 5.32 Å². The Bertz CT molecular complexity index is 327. The number of hydrogen-bond donors (Lipinski definition) is 1. The minimum Gasteiger partial charge on any atom is -0.310 e. The van der Waals surface area contributed by atoms with Crippen LogP contribution in [0.2, 0.25) is 0 Å². The maximum atomic E-state index is 3.72. The SMILES string of the molecule is CCC1(CC)CCC(NCc2ccccc2)C1. The molecule has 1 heteroatoms. The van der Waals surface area contributed by atoms with Crippen LogP contribution in [0.1, 0.15) is 51.5 Å². The summed E-state index contributed by atoms with van der Waals surface area (Å²) >= 11 is 0. The van der Waals surface area contributed by atoms with Gasteiger partial charge in [0.2, 0.25) is 0 Å². The van der Waals surface area contributed by atoms with Crippen molar-refractivity contribution in [1.29, 1.82) is 0 Å². The van der Waals surface area contributed by atoms with E-state index in [1.807, 2.05) is 0 Å². The van der Waals surface area contributed by atoms with E-state index in [0.717, 1.165) is 12.6 Å². The molecule has 1 saturated carbocycles. The highest BCUT2D eigenvalue weighted by Crippen LogP contribution is 2.43. The van der Waals surface area contributed by atoms with Crippen molar-refractivity contribution in [3.63, 3.8) is 0 Å². The topological polar surface area (TPSA) is 12.0 Å². The lowest BCUT2D eigenvalue weighted by Crippen LogP contribution is -2.27. The van der Waals surface area contributed by atoms with E-state index in [4.69, 9.17) is 0 Å². The van der Waals surface area contributed by atoms with E-state index < -0.39 is 0 Å². The van der Waals surface area contributed by atoms with Crippen LogP contribution in [0.15, 0.2) is 30.3 Å². The normalized spacial score (nSPS) is 22.8. The van der Waals surface area contributed by atoms with Crippen molar-refractivity contribution in [3.8, 4) is 0 Å². The molecule has 1 aliphatic rings. The molecule has 1 aromatic carbocycles. The summed E-state index contributed by atoms with van der Waals surface area (Å²) in [7, 11) is 0. The van der Waals surface area contributed by atoms with Crippen LogP contribution in [0.3, 0.4) is 0 Å². The second kappa shape index (κ2) is 5.68. The lowest BCUT2D eigenvalue weighted by atomic mass is 9.81. The first kappa shape index (κ1) is 12.6. The zero-order valence-corrected chi connectivity index (χ0v) is 11.2. The molecule has 0 radical (unpaired) electrons. The van der Waals surface area contributed by atoms with Crippen molar-refractivity contribution < 1.29 is 0 Å². The maximum Gasteiger partial charge on any atom is 0.0208 e. The van der Waals surface area contributed by atoms with Gasteiger partial charge in [0.1, 0.15) is 0 Å². The van der Waals surface area contributed by atoms with Crippen molar-refractivity contribution in [2.24, 2.45) is 5.41 Å². The highest BCUT2D eigenvalue weighted by atomic mass is 14.9. The Hall–Kier alpha value is -0.820. The van der Waals surface area contributed by atoms with Gasteiger partial charge >= 0.3 is 0 Å². The van der Waals surface area contributed by atoms with Gasteiger partial charge in [0.25, 0.3) is 0 Å². The van der Waals surface area contributed by atoms with Gasteiger partial charge in [0.05, 0.1) is 0 Å². The molecule has 0 bridgehead atoms. The molecule has 0 aliphatic heterocycles. The Kier molecular flexibility index (Phi) is 4.22. The molecule has 0 spiro atoms. The summed E-state index contributed by atoms with van der Waals surface area (Å²) in [6, 6.07) is 11.5. The molecule has 1 N–H and O–H groups in total. The smallest absolute Gasteiger partial charge is 0.0208 e. The summed E-state index contributed by atoms with van der Waals surface area (Å²) in [5, 5.41) is 3.72. The van der Waals surface area contributed by atoms with Gasteiger partial charge in [-0.3, -0.25) is 0 Å². The summed E-state index contributed by atoms with van der Waals surface area (Å²) in [6.45, 7) is 5.72. The number of rotatable bonds is 5. The summed E-state index contributed by atoms with van der Waals surface area (Å²) in [5.41, 5.74) is 2.03. The largest absolute Gasteiger partial charge is 0.310 e. The van der Waals surface area contributed by atoms with E-state index in [1.165, 1.54) is 37.7 Å². The molecule has 17 heavy (non-hydrogen) atoms. The fourth-order valence-electron chi connectivity index (χ4n) is 3.13. The predicted octanol–water partition coefficient (Wildman–Crippen LogP) is 4.14. The van der Waals surface area contributed by atoms with Crippen molar-refractivity contribution in [1.82, 2.24) is 5.32 Å². The minimum absolute atomic E-state index is 0.633. The highest BCUT2D eigenvalue weighted by molar-refractivity contribution is 5.14. The molecule has 1 aliphatic carbocycles. The van der Waals surface area contributed by atoms with E-state index in [-0.39, 0.29) is 0 Å². The third kappa shape index (κ3) is 3.10. The quantitative estimate of drug-likeness (QED) is 0.803. The zero-order chi connectivity index (χ0) is 12.1. The molecule has 2 rings (SSSR count). The predicted molar refractivity (Wildman–Crippen MR) is 73.9 cm³/mol. The van der Waals surface area contributed by atoms with Crippen LogP contribution in [-0.4, -0.2) is 6.04 Å². The Balaban J connectivity index is 1.82. The highest BCUT2D eigenvalue weighted by Gasteiger charge is 2.35. The molecule has 94 valence electrons. The molecular weight excluding hydrogens is 206 g/mol.